The molecular weight excluding hydrogens is 292 g/mol. The molecule has 5 N–H and O–H groups in total. The molecule has 0 saturated carbocycles. The molecule has 0 aliphatic heterocycles. The van der Waals surface area contributed by atoms with E-state index in [1.54, 1.807) is 24.3 Å². The number of sulfonamides is 1. The van der Waals surface area contributed by atoms with E-state index >= 15 is 0 Å². The van der Waals surface area contributed by atoms with Crippen molar-refractivity contribution in [3.8, 4) is 0 Å². The molecular formula is C13H12N4O3S. The highest BCUT2D eigenvalue weighted by Gasteiger charge is 2.16. The zero-order valence-electron chi connectivity index (χ0n) is 10.8. The van der Waals surface area contributed by atoms with Crippen LogP contribution in [-0.2, 0) is 10.0 Å². The van der Waals surface area contributed by atoms with Gasteiger partial charge >= 0.3 is 5.69 Å². The molecule has 8 heteroatoms. The normalized spacial score (nSPS) is 11.6. The van der Waals surface area contributed by atoms with Gasteiger partial charge in [-0.2, -0.15) is 0 Å². The third-order valence-corrected chi connectivity index (χ3v) is 4.37. The number of aromatic nitrogens is 2. The summed E-state index contributed by atoms with van der Waals surface area (Å²) >= 11 is 0. The molecule has 0 radical (unpaired) electrons. The number of aromatic amines is 2. The Morgan fingerprint density at radius 1 is 1.00 bits per heavy atom. The predicted molar refractivity (Wildman–Crippen MR) is 80.6 cm³/mol. The van der Waals surface area contributed by atoms with Crippen molar-refractivity contribution in [2.24, 2.45) is 0 Å². The second-order valence-corrected chi connectivity index (χ2v) is 6.16. The van der Waals surface area contributed by atoms with Crippen molar-refractivity contribution in [3.05, 3.63) is 52.9 Å². The van der Waals surface area contributed by atoms with E-state index in [9.17, 15) is 13.2 Å². The van der Waals surface area contributed by atoms with Gasteiger partial charge in [-0.1, -0.05) is 12.1 Å². The molecule has 0 aliphatic carbocycles. The number of benzene rings is 2. The van der Waals surface area contributed by atoms with Crippen molar-refractivity contribution < 1.29 is 8.42 Å². The molecule has 1 aromatic heterocycles. The largest absolute Gasteiger partial charge is 0.397 e. The zero-order valence-corrected chi connectivity index (χ0v) is 11.6. The number of hydrogen-bond donors (Lipinski definition) is 4. The van der Waals surface area contributed by atoms with Crippen molar-refractivity contribution in [1.29, 1.82) is 0 Å². The molecule has 0 spiro atoms. The Balaban J connectivity index is 2.03. The van der Waals surface area contributed by atoms with Gasteiger partial charge in [-0.25, -0.2) is 13.2 Å². The number of nitrogens with one attached hydrogen (secondary N) is 3. The minimum absolute atomic E-state index is 0.0357. The van der Waals surface area contributed by atoms with Gasteiger partial charge in [-0.05, 0) is 30.3 Å². The first-order valence-corrected chi connectivity index (χ1v) is 7.53. The minimum Gasteiger partial charge on any atom is -0.397 e. The van der Waals surface area contributed by atoms with Gasteiger partial charge in [0.05, 0.1) is 27.3 Å². The second-order valence-electron chi connectivity index (χ2n) is 4.48. The first-order valence-electron chi connectivity index (χ1n) is 6.05. The SMILES string of the molecule is Nc1ccccc1NS(=O)(=O)c1ccc2[nH]c(=O)[nH]c2c1. The summed E-state index contributed by atoms with van der Waals surface area (Å²) in [7, 11) is -3.78. The number of nitrogens with two attached hydrogens (primary N) is 1. The van der Waals surface area contributed by atoms with Crippen LogP contribution < -0.4 is 16.1 Å². The summed E-state index contributed by atoms with van der Waals surface area (Å²) in [4.78, 5) is 16.3. The Kier molecular flexibility index (Phi) is 2.95. The smallest absolute Gasteiger partial charge is 0.323 e. The molecule has 3 aromatic rings. The number of hydrogen-bond acceptors (Lipinski definition) is 4. The molecule has 0 aliphatic rings. The standard InChI is InChI=1S/C13H12N4O3S/c14-9-3-1-2-4-10(9)17-21(19,20)8-5-6-11-12(7-8)16-13(18)15-11/h1-7,17H,14H2,(H2,15,16,18). The highest BCUT2D eigenvalue weighted by Crippen LogP contribution is 2.22. The highest BCUT2D eigenvalue weighted by atomic mass is 32.2. The van der Waals surface area contributed by atoms with Crippen LogP contribution in [0.1, 0.15) is 0 Å². The van der Waals surface area contributed by atoms with Crippen LogP contribution in [0.5, 0.6) is 0 Å². The Labute approximate surface area is 119 Å². The molecule has 7 nitrogen and oxygen atoms in total. The van der Waals surface area contributed by atoms with E-state index in [4.69, 9.17) is 5.73 Å². The monoisotopic (exact) mass is 304 g/mol. The Hall–Kier alpha value is -2.74. The maximum atomic E-state index is 12.3. The van der Waals surface area contributed by atoms with Gasteiger partial charge in [0.25, 0.3) is 10.0 Å². The summed E-state index contributed by atoms with van der Waals surface area (Å²) in [5.41, 5.74) is 6.93. The molecule has 1 heterocycles. The maximum Gasteiger partial charge on any atom is 0.323 e. The van der Waals surface area contributed by atoms with Crippen LogP contribution >= 0.6 is 0 Å². The lowest BCUT2D eigenvalue weighted by atomic mass is 10.3. The molecule has 21 heavy (non-hydrogen) atoms. The van der Waals surface area contributed by atoms with Gasteiger partial charge in [0, 0.05) is 0 Å². The third kappa shape index (κ3) is 2.48. The summed E-state index contributed by atoms with van der Waals surface area (Å²) in [5.74, 6) is 0. The number of anilines is 2. The summed E-state index contributed by atoms with van der Waals surface area (Å²) in [6.45, 7) is 0. The van der Waals surface area contributed by atoms with Gasteiger partial charge in [0.1, 0.15) is 0 Å². The van der Waals surface area contributed by atoms with E-state index < -0.39 is 10.0 Å². The van der Waals surface area contributed by atoms with Crippen molar-refractivity contribution >= 4 is 32.4 Å². The van der Waals surface area contributed by atoms with E-state index in [0.717, 1.165) is 0 Å². The summed E-state index contributed by atoms with van der Waals surface area (Å²) in [6.07, 6.45) is 0. The molecule has 0 saturated heterocycles. The fraction of sp³-hybridized carbons (Fsp3) is 0. The molecule has 2 aromatic carbocycles. The van der Waals surface area contributed by atoms with Gasteiger partial charge < -0.3 is 15.7 Å². The lowest BCUT2D eigenvalue weighted by Gasteiger charge is -2.10. The first-order chi connectivity index (χ1) is 9.95. The van der Waals surface area contributed by atoms with Crippen molar-refractivity contribution in [2.75, 3.05) is 10.5 Å². The summed E-state index contributed by atoms with van der Waals surface area (Å²) in [5, 5.41) is 0. The van der Waals surface area contributed by atoms with E-state index in [-0.39, 0.29) is 10.6 Å². The van der Waals surface area contributed by atoms with Gasteiger partial charge in [0.2, 0.25) is 0 Å². The number of para-hydroxylation sites is 2. The Bertz CT molecular complexity index is 972. The number of H-pyrrole nitrogens is 2. The van der Waals surface area contributed by atoms with Gasteiger partial charge in [-0.3, -0.25) is 4.72 Å². The van der Waals surface area contributed by atoms with Gasteiger partial charge in [0.15, 0.2) is 0 Å². The molecule has 0 atom stereocenters. The average molecular weight is 304 g/mol. The molecule has 0 fully saturated rings. The second kappa shape index (κ2) is 4.67. The summed E-state index contributed by atoms with van der Waals surface area (Å²) < 4.78 is 27.1. The highest BCUT2D eigenvalue weighted by molar-refractivity contribution is 7.92. The predicted octanol–water partition coefficient (Wildman–Crippen LogP) is 1.24. The van der Waals surface area contributed by atoms with Crippen molar-refractivity contribution in [2.45, 2.75) is 4.90 Å². The molecule has 108 valence electrons. The van der Waals surface area contributed by atoms with Crippen LogP contribution in [0.4, 0.5) is 11.4 Å². The first kappa shape index (κ1) is 13.3. The van der Waals surface area contributed by atoms with E-state index in [1.807, 2.05) is 0 Å². The van der Waals surface area contributed by atoms with E-state index in [1.165, 1.54) is 18.2 Å². The molecule has 3 rings (SSSR count). The van der Waals surface area contributed by atoms with Crippen molar-refractivity contribution in [1.82, 2.24) is 9.97 Å². The number of imidazole rings is 1. The molecule has 0 bridgehead atoms. The van der Waals surface area contributed by atoms with Gasteiger partial charge in [-0.15, -0.1) is 0 Å². The van der Waals surface area contributed by atoms with Crippen LogP contribution in [0.25, 0.3) is 11.0 Å². The quantitative estimate of drug-likeness (QED) is 0.544. The lowest BCUT2D eigenvalue weighted by Crippen LogP contribution is -2.14. The minimum atomic E-state index is -3.78. The summed E-state index contributed by atoms with van der Waals surface area (Å²) in [6, 6.07) is 10.9. The maximum absolute atomic E-state index is 12.3. The van der Waals surface area contributed by atoms with E-state index in [2.05, 4.69) is 14.7 Å². The fourth-order valence-corrected chi connectivity index (χ4v) is 3.09. The fourth-order valence-electron chi connectivity index (χ4n) is 1.97. The molecule has 0 amide bonds. The number of fused-ring (bicyclic) bond motifs is 1. The Morgan fingerprint density at radius 3 is 2.48 bits per heavy atom. The van der Waals surface area contributed by atoms with E-state index in [0.29, 0.717) is 22.4 Å². The lowest BCUT2D eigenvalue weighted by molar-refractivity contribution is 0.601. The van der Waals surface area contributed by atoms with Crippen LogP contribution in [0, 0.1) is 0 Å². The van der Waals surface area contributed by atoms with Crippen LogP contribution in [0.15, 0.2) is 52.2 Å². The van der Waals surface area contributed by atoms with Crippen LogP contribution in [0.2, 0.25) is 0 Å². The Morgan fingerprint density at radius 2 is 1.71 bits per heavy atom. The molecule has 0 unspecified atom stereocenters. The van der Waals surface area contributed by atoms with Crippen molar-refractivity contribution in [3.63, 3.8) is 0 Å². The van der Waals surface area contributed by atoms with Crippen LogP contribution in [0.3, 0.4) is 0 Å². The zero-order chi connectivity index (χ0) is 15.0. The average Bonchev–Trinajstić information content (AvgIpc) is 2.80. The van der Waals surface area contributed by atoms with Crippen LogP contribution in [-0.4, -0.2) is 18.4 Å². The topological polar surface area (TPSA) is 121 Å². The number of nitrogen functional groups attached to an aromatic ring is 1. The third-order valence-electron chi connectivity index (χ3n) is 3.00. The number of rotatable bonds is 3.